The zero-order chi connectivity index (χ0) is 15.6. The van der Waals surface area contributed by atoms with Crippen LogP contribution in [0.15, 0.2) is 30.9 Å². The van der Waals surface area contributed by atoms with Crippen LogP contribution in [0.5, 0.6) is 0 Å². The van der Waals surface area contributed by atoms with Crippen LogP contribution in [-0.2, 0) is 21.3 Å². The molecule has 0 N–H and O–H groups in total. The summed E-state index contributed by atoms with van der Waals surface area (Å²) in [5.74, 6) is -0.318. The molecule has 0 aliphatic heterocycles. The highest BCUT2D eigenvalue weighted by Crippen LogP contribution is 2.25. The number of furan rings is 1. The molecule has 0 radical (unpaired) electrons. The molecule has 0 saturated carbocycles. The fraction of sp³-hybridized carbons (Fsp3) is 0.273. The standard InChI is InChI=1S/C11H11BrN2O5S2/c1-14(5-7-3-4-8(12)19-7)21(16,17)11-9(10(15)18-2)13-6-20-11/h3-4,6H,5H2,1-2H3. The average molecular weight is 395 g/mol. The summed E-state index contributed by atoms with van der Waals surface area (Å²) < 4.78 is 36.2. The monoisotopic (exact) mass is 394 g/mol. The second kappa shape index (κ2) is 6.26. The minimum atomic E-state index is -3.86. The lowest BCUT2D eigenvalue weighted by atomic mass is 10.4. The number of rotatable bonds is 5. The first-order chi connectivity index (χ1) is 9.86. The van der Waals surface area contributed by atoms with Gasteiger partial charge in [0, 0.05) is 7.05 Å². The van der Waals surface area contributed by atoms with Crippen LogP contribution in [-0.4, -0.2) is 37.8 Å². The van der Waals surface area contributed by atoms with Gasteiger partial charge < -0.3 is 9.15 Å². The number of sulfonamides is 1. The van der Waals surface area contributed by atoms with Crippen molar-refractivity contribution in [1.82, 2.24) is 9.29 Å². The van der Waals surface area contributed by atoms with Gasteiger partial charge in [-0.05, 0) is 28.1 Å². The van der Waals surface area contributed by atoms with Gasteiger partial charge in [0.1, 0.15) is 5.76 Å². The normalized spacial score (nSPS) is 11.8. The van der Waals surface area contributed by atoms with E-state index in [1.54, 1.807) is 12.1 Å². The molecule has 2 aromatic heterocycles. The first kappa shape index (κ1) is 16.1. The molecule has 0 spiro atoms. The summed E-state index contributed by atoms with van der Waals surface area (Å²) in [5.41, 5.74) is 1.08. The Kier molecular flexibility index (Phi) is 4.81. The molecule has 0 aliphatic rings. The molecule has 2 rings (SSSR count). The predicted octanol–water partition coefficient (Wildman–Crippen LogP) is 2.11. The Bertz CT molecular complexity index is 752. The number of carbonyl (C=O) groups excluding carboxylic acids is 1. The minimum Gasteiger partial charge on any atom is -0.464 e. The third kappa shape index (κ3) is 3.34. The van der Waals surface area contributed by atoms with Crippen molar-refractivity contribution in [2.75, 3.05) is 14.2 Å². The second-order valence-corrected chi connectivity index (χ2v) is 7.82. The van der Waals surface area contributed by atoms with Gasteiger partial charge in [0.25, 0.3) is 10.0 Å². The van der Waals surface area contributed by atoms with Crippen LogP contribution in [0.4, 0.5) is 0 Å². The van der Waals surface area contributed by atoms with Crippen molar-refractivity contribution in [3.05, 3.63) is 33.8 Å². The van der Waals surface area contributed by atoms with E-state index >= 15 is 0 Å². The highest BCUT2D eigenvalue weighted by atomic mass is 79.9. The lowest BCUT2D eigenvalue weighted by Gasteiger charge is -2.14. The first-order valence-corrected chi connectivity index (χ1v) is 8.70. The van der Waals surface area contributed by atoms with E-state index in [1.807, 2.05) is 0 Å². The number of hydrogen-bond donors (Lipinski definition) is 0. The van der Waals surface area contributed by atoms with E-state index in [0.29, 0.717) is 10.4 Å². The van der Waals surface area contributed by atoms with Gasteiger partial charge in [-0.3, -0.25) is 0 Å². The summed E-state index contributed by atoms with van der Waals surface area (Å²) >= 11 is 4.01. The van der Waals surface area contributed by atoms with E-state index in [4.69, 9.17) is 4.42 Å². The van der Waals surface area contributed by atoms with Gasteiger partial charge in [-0.2, -0.15) is 4.31 Å². The van der Waals surface area contributed by atoms with Gasteiger partial charge in [0.15, 0.2) is 14.6 Å². The smallest absolute Gasteiger partial charge is 0.358 e. The van der Waals surface area contributed by atoms with E-state index in [9.17, 15) is 13.2 Å². The van der Waals surface area contributed by atoms with E-state index in [-0.39, 0.29) is 16.4 Å². The molecule has 2 aromatic rings. The van der Waals surface area contributed by atoms with Crippen LogP contribution < -0.4 is 0 Å². The minimum absolute atomic E-state index is 0.0342. The topological polar surface area (TPSA) is 89.7 Å². The maximum Gasteiger partial charge on any atom is 0.358 e. The Labute approximate surface area is 133 Å². The molecule has 0 aliphatic carbocycles. The van der Waals surface area contributed by atoms with Crippen molar-refractivity contribution >= 4 is 43.3 Å². The summed E-state index contributed by atoms with van der Waals surface area (Å²) in [6, 6.07) is 3.33. The Balaban J connectivity index is 2.29. The number of halogens is 1. The Morgan fingerprint density at radius 1 is 1.52 bits per heavy atom. The zero-order valence-corrected chi connectivity index (χ0v) is 14.3. The molecule has 0 fully saturated rings. The third-order valence-corrected chi connectivity index (χ3v) is 6.14. The van der Waals surface area contributed by atoms with Gasteiger partial charge in [0.05, 0.1) is 19.2 Å². The Morgan fingerprint density at radius 3 is 2.81 bits per heavy atom. The van der Waals surface area contributed by atoms with Gasteiger partial charge in [-0.1, -0.05) is 0 Å². The number of ether oxygens (including phenoxy) is 1. The molecule has 0 amide bonds. The molecule has 0 unspecified atom stereocenters. The molecular weight excluding hydrogens is 384 g/mol. The van der Waals surface area contributed by atoms with Gasteiger partial charge in [-0.15, -0.1) is 11.3 Å². The number of aromatic nitrogens is 1. The predicted molar refractivity (Wildman–Crippen MR) is 78.5 cm³/mol. The van der Waals surface area contributed by atoms with Crippen molar-refractivity contribution in [3.63, 3.8) is 0 Å². The van der Waals surface area contributed by atoms with Crippen LogP contribution in [0.3, 0.4) is 0 Å². The zero-order valence-electron chi connectivity index (χ0n) is 11.1. The number of methoxy groups -OCH3 is 1. The van der Waals surface area contributed by atoms with E-state index in [0.717, 1.165) is 15.6 Å². The Hall–Kier alpha value is -1.23. The number of nitrogens with zero attached hydrogens (tertiary/aromatic N) is 2. The highest BCUT2D eigenvalue weighted by molar-refractivity contribution is 9.10. The van der Waals surface area contributed by atoms with Crippen LogP contribution in [0.1, 0.15) is 16.2 Å². The third-order valence-electron chi connectivity index (χ3n) is 2.57. The molecule has 10 heteroatoms. The average Bonchev–Trinajstić information content (AvgIpc) is 3.07. The summed E-state index contributed by atoms with van der Waals surface area (Å²) in [5, 5.41) is 0. The SMILES string of the molecule is COC(=O)c1ncsc1S(=O)(=O)N(C)Cc1ccc(Br)o1. The summed E-state index contributed by atoms with van der Waals surface area (Å²) in [4.78, 5) is 15.3. The van der Waals surface area contributed by atoms with Crippen molar-refractivity contribution in [1.29, 1.82) is 0 Å². The number of carbonyl (C=O) groups is 1. The maximum atomic E-state index is 12.5. The molecule has 114 valence electrons. The fourth-order valence-electron chi connectivity index (χ4n) is 1.53. The molecule has 0 bridgehead atoms. The fourth-order valence-corrected chi connectivity index (χ4v) is 4.33. The summed E-state index contributed by atoms with van der Waals surface area (Å²) in [6.45, 7) is 0.0342. The van der Waals surface area contributed by atoms with Crippen molar-refractivity contribution in [2.24, 2.45) is 0 Å². The highest BCUT2D eigenvalue weighted by Gasteiger charge is 2.30. The second-order valence-electron chi connectivity index (χ2n) is 3.95. The van der Waals surface area contributed by atoms with Crippen LogP contribution in [0.2, 0.25) is 0 Å². The number of hydrogen-bond acceptors (Lipinski definition) is 7. The molecule has 0 saturated heterocycles. The van der Waals surface area contributed by atoms with Crippen LogP contribution in [0, 0.1) is 0 Å². The van der Waals surface area contributed by atoms with E-state index in [1.165, 1.54) is 19.7 Å². The lowest BCUT2D eigenvalue weighted by molar-refractivity contribution is 0.0590. The molecule has 21 heavy (non-hydrogen) atoms. The van der Waals surface area contributed by atoms with Crippen LogP contribution >= 0.6 is 27.3 Å². The number of esters is 1. The Morgan fingerprint density at radius 2 is 2.24 bits per heavy atom. The quantitative estimate of drug-likeness (QED) is 0.721. The molecule has 7 nitrogen and oxygen atoms in total. The van der Waals surface area contributed by atoms with Crippen molar-refractivity contribution in [3.8, 4) is 0 Å². The number of thiazole rings is 1. The summed E-state index contributed by atoms with van der Waals surface area (Å²) in [7, 11) is -1.29. The van der Waals surface area contributed by atoms with Gasteiger partial charge in [-0.25, -0.2) is 18.2 Å². The maximum absolute atomic E-state index is 12.5. The van der Waals surface area contributed by atoms with Crippen molar-refractivity contribution < 1.29 is 22.4 Å². The van der Waals surface area contributed by atoms with Gasteiger partial charge in [0.2, 0.25) is 0 Å². The molecule has 2 heterocycles. The lowest BCUT2D eigenvalue weighted by Crippen LogP contribution is -2.27. The first-order valence-electron chi connectivity index (χ1n) is 5.58. The molecule has 0 aromatic carbocycles. The van der Waals surface area contributed by atoms with E-state index < -0.39 is 16.0 Å². The molecule has 0 atom stereocenters. The van der Waals surface area contributed by atoms with Crippen LogP contribution in [0.25, 0.3) is 0 Å². The molecular formula is C11H11BrN2O5S2. The van der Waals surface area contributed by atoms with Crippen molar-refractivity contribution in [2.45, 2.75) is 10.8 Å². The summed E-state index contributed by atoms with van der Waals surface area (Å²) in [6.07, 6.45) is 0. The van der Waals surface area contributed by atoms with Gasteiger partial charge >= 0.3 is 5.97 Å². The van der Waals surface area contributed by atoms with E-state index in [2.05, 4.69) is 25.7 Å². The largest absolute Gasteiger partial charge is 0.464 e.